The Morgan fingerprint density at radius 2 is 0.879 bits per heavy atom. The molecule has 0 saturated carbocycles. The molecule has 2 aromatic rings. The van der Waals surface area contributed by atoms with Gasteiger partial charge in [0.2, 0.25) is 59.1 Å². The van der Waals surface area contributed by atoms with Crippen LogP contribution in [-0.4, -0.2) is 250 Å². The van der Waals surface area contributed by atoms with Crippen molar-refractivity contribution in [1.82, 2.24) is 50.2 Å². The summed E-state index contributed by atoms with van der Waals surface area (Å²) in [4.78, 5) is 179. The molecule has 1 heterocycles. The van der Waals surface area contributed by atoms with Crippen LogP contribution in [0.4, 0.5) is 0 Å². The number of nitrogens with one attached hydrogen (secondary N) is 3. The van der Waals surface area contributed by atoms with Gasteiger partial charge in [-0.1, -0.05) is 129 Å². The molecule has 0 spiro atoms. The molecule has 1 aliphatic heterocycles. The molecule has 1 fully saturated rings. The second-order valence-corrected chi connectivity index (χ2v) is 27.9. The molecule has 0 aromatic heterocycles. The number of likely N-dealkylation sites (N-methyl/N-ethyl adjacent to an activating group) is 7. The first kappa shape index (κ1) is 85.2. The topological polar surface area (TPSA) is 349 Å². The highest BCUT2D eigenvalue weighted by molar-refractivity contribution is 5.99. The molecule has 2 aromatic carbocycles. The minimum absolute atomic E-state index is 0.0654. The molecule has 0 bridgehead atoms. The molecule has 1 aliphatic rings. The fraction of sp³-hybridized carbons (Fsp3) is 0.667. The zero-order chi connectivity index (χ0) is 75.0. The number of amides is 10. The monoisotopic (exact) mass is 1390 g/mol. The third-order valence-electron chi connectivity index (χ3n) is 18.8. The summed E-state index contributed by atoms with van der Waals surface area (Å²) >= 11 is 0. The number of hydrogen-bond acceptors (Lipinski definition) is 15. The van der Waals surface area contributed by atoms with E-state index in [2.05, 4.69) is 16.0 Å². The van der Waals surface area contributed by atoms with E-state index in [9.17, 15) is 53.4 Å². The van der Waals surface area contributed by atoms with Crippen molar-refractivity contribution in [3.05, 3.63) is 71.8 Å². The van der Waals surface area contributed by atoms with Crippen molar-refractivity contribution >= 4 is 71.0 Å². The van der Waals surface area contributed by atoms with Gasteiger partial charge in [0.15, 0.2) is 6.29 Å². The van der Waals surface area contributed by atoms with Crippen LogP contribution >= 0.6 is 0 Å². The lowest BCUT2D eigenvalue weighted by atomic mass is 9.95. The third-order valence-corrected chi connectivity index (χ3v) is 18.8. The van der Waals surface area contributed by atoms with Crippen molar-refractivity contribution < 1.29 is 77.2 Å². The lowest BCUT2D eigenvalue weighted by Gasteiger charge is -2.40. The first-order chi connectivity index (χ1) is 46.3. The number of carboxylic acids is 2. The number of carbonyl (C=O) groups is 12. The largest absolute Gasteiger partial charge is 0.481 e. The van der Waals surface area contributed by atoms with Crippen molar-refractivity contribution in [3.8, 4) is 0 Å². The van der Waals surface area contributed by atoms with Gasteiger partial charge in [0, 0.05) is 68.8 Å². The SMILES string of the molecule is CC[C@H](N)C(=O)N[C@H](C(=O)N(C)[C@@H](CC(C)C)C(=O)N(C)[C@@H](C)C(=O)N(C)[C@@H](CC(C)C)C(=O)N[C@H](C(=O)N(C)[C@@H](Cc1ccccc1)C(=O)N(C)[C@@H](C)C(=O)N(C)[C@@H](CC(C)C)C(=O)N(C)[C@@H](Cc1ccccc1)C(=O)N[C@@H](CC(=O)O)C(=O)O)[C@@H](C)OC1CCCCO1)[C@@H](C)CC. The van der Waals surface area contributed by atoms with Gasteiger partial charge < -0.3 is 75.7 Å². The average molecular weight is 1390 g/mol. The lowest BCUT2D eigenvalue weighted by molar-refractivity contribution is -0.193. The molecule has 14 atom stereocenters. The van der Waals surface area contributed by atoms with E-state index in [0.29, 0.717) is 37.0 Å². The highest BCUT2D eigenvalue weighted by Crippen LogP contribution is 2.25. The number of ether oxygens (including phenoxy) is 2. The molecule has 99 heavy (non-hydrogen) atoms. The van der Waals surface area contributed by atoms with Crippen molar-refractivity contribution in [2.75, 3.05) is 55.9 Å². The van der Waals surface area contributed by atoms with Gasteiger partial charge in [-0.2, -0.15) is 0 Å². The van der Waals surface area contributed by atoms with Gasteiger partial charge in [-0.3, -0.25) is 52.7 Å². The fourth-order valence-electron chi connectivity index (χ4n) is 11.9. The number of aliphatic carboxylic acids is 2. The van der Waals surface area contributed by atoms with Crippen LogP contribution in [0.25, 0.3) is 0 Å². The summed E-state index contributed by atoms with van der Waals surface area (Å²) in [6, 6.07) is 3.31. The lowest BCUT2D eigenvalue weighted by Crippen LogP contribution is -2.63. The molecular weight excluding hydrogens is 1270 g/mol. The van der Waals surface area contributed by atoms with Crippen LogP contribution in [0.3, 0.4) is 0 Å². The van der Waals surface area contributed by atoms with Gasteiger partial charge in [-0.25, -0.2) is 4.79 Å². The Morgan fingerprint density at radius 1 is 0.485 bits per heavy atom. The van der Waals surface area contributed by atoms with E-state index < -0.39 is 156 Å². The second-order valence-electron chi connectivity index (χ2n) is 27.9. The number of carboxylic acid groups (broad SMARTS) is 2. The van der Waals surface area contributed by atoms with Gasteiger partial charge in [0.05, 0.1) is 18.6 Å². The van der Waals surface area contributed by atoms with E-state index in [1.54, 1.807) is 74.5 Å². The van der Waals surface area contributed by atoms with Gasteiger partial charge in [-0.05, 0) is 101 Å². The van der Waals surface area contributed by atoms with Crippen LogP contribution in [-0.2, 0) is 79.8 Å². The minimum Gasteiger partial charge on any atom is -0.481 e. The normalized spacial score (nSPS) is 17.1. The summed E-state index contributed by atoms with van der Waals surface area (Å²) < 4.78 is 12.4. The van der Waals surface area contributed by atoms with Crippen LogP contribution in [0.2, 0.25) is 0 Å². The highest BCUT2D eigenvalue weighted by Gasteiger charge is 2.45. The number of benzene rings is 2. The van der Waals surface area contributed by atoms with Crippen LogP contribution < -0.4 is 21.7 Å². The van der Waals surface area contributed by atoms with E-state index in [0.717, 1.165) is 22.6 Å². The van der Waals surface area contributed by atoms with Crippen molar-refractivity contribution in [2.24, 2.45) is 29.4 Å². The van der Waals surface area contributed by atoms with E-state index in [1.165, 1.54) is 87.7 Å². The number of hydrogen-bond donors (Lipinski definition) is 6. The molecule has 7 N–H and O–H groups in total. The number of carbonyl (C=O) groups excluding carboxylic acids is 10. The quantitative estimate of drug-likeness (QED) is 0.0547. The Kier molecular flexibility index (Phi) is 34.7. The van der Waals surface area contributed by atoms with E-state index in [-0.39, 0.29) is 55.8 Å². The maximum Gasteiger partial charge on any atom is 0.326 e. The number of nitrogens with zero attached hydrogens (tertiary/aromatic N) is 7. The van der Waals surface area contributed by atoms with E-state index in [1.807, 2.05) is 55.4 Å². The molecule has 3 rings (SSSR count). The molecule has 27 heteroatoms. The van der Waals surface area contributed by atoms with Crippen LogP contribution in [0, 0.1) is 23.7 Å². The Bertz CT molecular complexity index is 3020. The molecule has 0 aliphatic carbocycles. The van der Waals surface area contributed by atoms with Gasteiger partial charge in [0.1, 0.15) is 60.4 Å². The van der Waals surface area contributed by atoms with Crippen molar-refractivity contribution in [3.63, 3.8) is 0 Å². The predicted molar refractivity (Wildman–Crippen MR) is 373 cm³/mol. The van der Waals surface area contributed by atoms with Crippen LogP contribution in [0.15, 0.2) is 60.7 Å². The minimum atomic E-state index is -1.83. The third kappa shape index (κ3) is 24.7. The Balaban J connectivity index is 2.09. The summed E-state index contributed by atoms with van der Waals surface area (Å²) in [5.41, 5.74) is 7.26. The van der Waals surface area contributed by atoms with E-state index >= 15 is 14.4 Å². The summed E-state index contributed by atoms with van der Waals surface area (Å²) in [6.45, 7) is 21.5. The first-order valence-corrected chi connectivity index (χ1v) is 34.7. The van der Waals surface area contributed by atoms with Crippen LogP contribution in [0.5, 0.6) is 0 Å². The van der Waals surface area contributed by atoms with Crippen molar-refractivity contribution in [2.45, 2.75) is 233 Å². The van der Waals surface area contributed by atoms with Gasteiger partial charge >= 0.3 is 11.9 Å². The fourth-order valence-corrected chi connectivity index (χ4v) is 11.9. The summed E-state index contributed by atoms with van der Waals surface area (Å²) in [5.74, 6) is -10.8. The Morgan fingerprint density at radius 3 is 1.31 bits per heavy atom. The molecule has 1 saturated heterocycles. The highest BCUT2D eigenvalue weighted by atomic mass is 16.7. The second kappa shape index (κ2) is 40.3. The summed E-state index contributed by atoms with van der Waals surface area (Å²) in [6.07, 6.45) is 0.171. The Hall–Kier alpha value is -8.04. The number of rotatable bonds is 39. The Labute approximate surface area is 585 Å². The summed E-state index contributed by atoms with van der Waals surface area (Å²) in [5, 5.41) is 27.3. The maximum atomic E-state index is 15.6. The van der Waals surface area contributed by atoms with Gasteiger partial charge in [0.25, 0.3) is 0 Å². The zero-order valence-electron chi connectivity index (χ0n) is 61.9. The van der Waals surface area contributed by atoms with Gasteiger partial charge in [-0.15, -0.1) is 0 Å². The molecule has 1 unspecified atom stereocenters. The zero-order valence-corrected chi connectivity index (χ0v) is 61.9. The van der Waals surface area contributed by atoms with Crippen LogP contribution in [0.1, 0.15) is 152 Å². The van der Waals surface area contributed by atoms with Crippen molar-refractivity contribution in [1.29, 1.82) is 0 Å². The summed E-state index contributed by atoms with van der Waals surface area (Å²) in [7, 11) is 9.88. The smallest absolute Gasteiger partial charge is 0.326 e. The molecule has 554 valence electrons. The first-order valence-electron chi connectivity index (χ1n) is 34.7. The molecule has 27 nitrogen and oxygen atoms in total. The molecular formula is C72H115N11O16. The number of nitrogens with two attached hydrogens (primary N) is 1. The molecule has 0 radical (unpaired) electrons. The predicted octanol–water partition coefficient (Wildman–Crippen LogP) is 4.17. The average Bonchev–Trinajstić information content (AvgIpc) is 0.813. The standard InChI is InChI=1S/C72H115N11O16/c1-20-45(9)60(75-62(86)51(73)21-2)70(94)82(18)55(37-43(5)6)67(91)77(13)46(10)65(89)79(15)53(36-42(3)4)64(88)76-61(48(12)99-59-34-28-29-35-98-59)71(95)83(19)57(40-50-32-26-23-27-33-50)68(92)78(14)47(11)66(90)81(17)56(38-44(7)8)69(93)80(16)54(39-49-30-24-22-25-31-49)63(87)74-52(72(96)97)41-58(84)85/h22-27,30-33,42-48,51-57,59-61H,20-21,28-29,34-41,73H2,1-19H3,(H,74,87)(H,75,86)(H,76,88)(H,84,85)(H,96,97)/t45-,46-,47-,48+,51-,52-,53-,54-,55-,56-,57-,59?,60-,61-/m0/s1. The maximum absolute atomic E-state index is 15.6. The molecule has 10 amide bonds. The van der Waals surface area contributed by atoms with E-state index in [4.69, 9.17) is 15.2 Å².